The molecule has 0 bridgehead atoms. The third-order valence-electron chi connectivity index (χ3n) is 2.57. The van der Waals surface area contributed by atoms with E-state index in [2.05, 4.69) is 5.32 Å². The highest BCUT2D eigenvalue weighted by Crippen LogP contribution is 1.99. The largest absolute Gasteiger partial charge is 0.480 e. The van der Waals surface area contributed by atoms with Crippen LogP contribution in [0.2, 0.25) is 0 Å². The number of carbonyl (C=O) groups is 2. The van der Waals surface area contributed by atoms with E-state index in [0.29, 0.717) is 38.6 Å². The van der Waals surface area contributed by atoms with E-state index in [0.717, 1.165) is 0 Å². The molecule has 0 aliphatic carbocycles. The van der Waals surface area contributed by atoms with Gasteiger partial charge in [-0.1, -0.05) is 0 Å². The summed E-state index contributed by atoms with van der Waals surface area (Å²) in [5, 5.41) is 11.2. The summed E-state index contributed by atoms with van der Waals surface area (Å²) in [7, 11) is 0. The summed E-state index contributed by atoms with van der Waals surface area (Å²) in [6.45, 7) is 0.478. The van der Waals surface area contributed by atoms with Crippen molar-refractivity contribution < 1.29 is 14.7 Å². The predicted molar refractivity (Wildman–Crippen MR) is 66.7 cm³/mol. The highest BCUT2D eigenvalue weighted by Gasteiger charge is 2.13. The van der Waals surface area contributed by atoms with Crippen molar-refractivity contribution >= 4 is 11.9 Å². The molecule has 0 aromatic carbocycles. The Hall–Kier alpha value is -1.18. The predicted octanol–water partition coefficient (Wildman–Crippen LogP) is -1.14. The van der Waals surface area contributed by atoms with Gasteiger partial charge in [-0.05, 0) is 32.1 Å². The zero-order valence-electron chi connectivity index (χ0n) is 10.5. The van der Waals surface area contributed by atoms with Crippen molar-refractivity contribution in [3.8, 4) is 0 Å². The maximum atomic E-state index is 11.4. The average Bonchev–Trinajstić information content (AvgIpc) is 2.34. The fraction of sp³-hybridized carbons (Fsp3) is 0.818. The number of nitrogens with one attached hydrogen (secondary N) is 1. The van der Waals surface area contributed by atoms with Crippen LogP contribution >= 0.6 is 0 Å². The van der Waals surface area contributed by atoms with Gasteiger partial charge in [0, 0.05) is 13.1 Å². The van der Waals surface area contributed by atoms with Gasteiger partial charge < -0.3 is 21.9 Å². The van der Waals surface area contributed by atoms with E-state index in [1.165, 1.54) is 0 Å². The molecule has 2 atom stereocenters. The number of rotatable bonds is 10. The first-order valence-corrected chi connectivity index (χ1v) is 6.11. The van der Waals surface area contributed by atoms with Crippen molar-refractivity contribution in [3.63, 3.8) is 0 Å². The minimum atomic E-state index is -1.01. The van der Waals surface area contributed by atoms with Gasteiger partial charge >= 0.3 is 5.97 Å². The Balaban J connectivity index is 3.54. The second-order valence-electron chi connectivity index (χ2n) is 4.20. The van der Waals surface area contributed by atoms with Crippen molar-refractivity contribution in [1.29, 1.82) is 0 Å². The second-order valence-corrected chi connectivity index (χ2v) is 4.20. The van der Waals surface area contributed by atoms with Gasteiger partial charge in [0.15, 0.2) is 0 Å². The molecule has 7 heteroatoms. The first kappa shape index (κ1) is 16.8. The maximum Gasteiger partial charge on any atom is 0.320 e. The summed E-state index contributed by atoms with van der Waals surface area (Å²) >= 11 is 0. The van der Waals surface area contributed by atoms with Crippen LogP contribution in [-0.2, 0) is 9.59 Å². The van der Waals surface area contributed by atoms with E-state index in [9.17, 15) is 9.59 Å². The third kappa shape index (κ3) is 7.99. The number of carboxylic acids is 1. The van der Waals surface area contributed by atoms with Crippen molar-refractivity contribution in [2.24, 2.45) is 11.5 Å². The molecule has 0 heterocycles. The van der Waals surface area contributed by atoms with Crippen molar-refractivity contribution in [3.05, 3.63) is 0 Å². The van der Waals surface area contributed by atoms with Crippen LogP contribution < -0.4 is 22.5 Å². The molecular weight excluding hydrogens is 236 g/mol. The number of nitrogens with two attached hydrogens (primary N) is 2. The Bertz CT molecular complexity index is 261. The van der Waals surface area contributed by atoms with Crippen LogP contribution in [0.25, 0.3) is 0 Å². The SMILES string of the molecule is [N]CCC[C@@H](N)C(=O)NCCCC[C@H](N)C(=O)O. The minimum Gasteiger partial charge on any atom is -0.480 e. The van der Waals surface area contributed by atoms with Crippen molar-refractivity contribution in [1.82, 2.24) is 11.1 Å². The van der Waals surface area contributed by atoms with Crippen molar-refractivity contribution in [2.45, 2.75) is 44.2 Å². The number of nitrogens with zero attached hydrogens (tertiary/aromatic N) is 1. The average molecular weight is 258 g/mol. The molecule has 0 unspecified atom stereocenters. The first-order valence-electron chi connectivity index (χ1n) is 6.11. The molecule has 1 amide bonds. The first-order chi connectivity index (χ1) is 8.49. The number of amides is 1. The van der Waals surface area contributed by atoms with E-state index in [1.54, 1.807) is 0 Å². The zero-order valence-corrected chi connectivity index (χ0v) is 10.5. The van der Waals surface area contributed by atoms with Crippen LogP contribution in [0.1, 0.15) is 32.1 Å². The Morgan fingerprint density at radius 1 is 1.11 bits per heavy atom. The molecule has 0 aromatic heterocycles. The van der Waals surface area contributed by atoms with Crippen LogP contribution in [0.4, 0.5) is 0 Å². The Labute approximate surface area is 107 Å². The van der Waals surface area contributed by atoms with Crippen LogP contribution in [0.3, 0.4) is 0 Å². The summed E-state index contributed by atoms with van der Waals surface area (Å²) in [6, 6.07) is -1.44. The van der Waals surface area contributed by atoms with Gasteiger partial charge in [0.1, 0.15) is 6.04 Å². The molecule has 18 heavy (non-hydrogen) atoms. The van der Waals surface area contributed by atoms with Gasteiger partial charge in [0.05, 0.1) is 6.04 Å². The molecule has 0 aromatic rings. The normalized spacial score (nSPS) is 13.9. The monoisotopic (exact) mass is 258 g/mol. The van der Waals surface area contributed by atoms with E-state index >= 15 is 0 Å². The molecule has 0 rings (SSSR count). The number of carboxylic acid groups (broad SMARTS) is 1. The number of unbranched alkanes of at least 4 members (excludes halogenated alkanes) is 1. The quantitative estimate of drug-likeness (QED) is 0.366. The molecule has 0 aliphatic rings. The highest BCUT2D eigenvalue weighted by molar-refractivity contribution is 5.81. The van der Waals surface area contributed by atoms with Crippen LogP contribution in [0.5, 0.6) is 0 Å². The van der Waals surface area contributed by atoms with Crippen molar-refractivity contribution in [2.75, 3.05) is 13.1 Å². The lowest BCUT2D eigenvalue weighted by atomic mass is 10.1. The summed E-state index contributed by atoms with van der Waals surface area (Å²) < 4.78 is 0. The number of aliphatic carboxylic acids is 1. The Kier molecular flexibility index (Phi) is 9.17. The zero-order chi connectivity index (χ0) is 14.0. The highest BCUT2D eigenvalue weighted by atomic mass is 16.4. The summed E-state index contributed by atoms with van der Waals surface area (Å²) in [5.41, 5.74) is 19.5. The second kappa shape index (κ2) is 9.81. The number of carbonyl (C=O) groups excluding carboxylic acids is 1. The van der Waals surface area contributed by atoms with Gasteiger partial charge in [-0.2, -0.15) is 0 Å². The molecule has 0 saturated heterocycles. The van der Waals surface area contributed by atoms with E-state index < -0.39 is 18.1 Å². The lowest BCUT2D eigenvalue weighted by Gasteiger charge is -2.11. The number of hydrogen-bond acceptors (Lipinski definition) is 4. The third-order valence-corrected chi connectivity index (χ3v) is 2.57. The molecule has 6 N–H and O–H groups in total. The molecule has 0 saturated carbocycles. The molecular formula is C11H22N4O3. The summed E-state index contributed by atoms with van der Waals surface area (Å²) in [6.07, 6.45) is 2.65. The van der Waals surface area contributed by atoms with E-state index in [-0.39, 0.29) is 12.5 Å². The van der Waals surface area contributed by atoms with Gasteiger partial charge in [0.2, 0.25) is 5.91 Å². The van der Waals surface area contributed by atoms with Gasteiger partial charge in [-0.25, -0.2) is 0 Å². The lowest BCUT2D eigenvalue weighted by molar-refractivity contribution is -0.138. The summed E-state index contributed by atoms with van der Waals surface area (Å²) in [4.78, 5) is 21.8. The molecule has 0 aliphatic heterocycles. The molecule has 104 valence electrons. The van der Waals surface area contributed by atoms with E-state index in [1.807, 2.05) is 0 Å². The van der Waals surface area contributed by atoms with Gasteiger partial charge in [-0.15, -0.1) is 5.73 Å². The maximum absolute atomic E-state index is 11.4. The summed E-state index contributed by atoms with van der Waals surface area (Å²) in [5.74, 6) is -1.25. The Morgan fingerprint density at radius 2 is 1.72 bits per heavy atom. The molecule has 0 spiro atoms. The van der Waals surface area contributed by atoms with Crippen LogP contribution in [0, 0.1) is 0 Å². The van der Waals surface area contributed by atoms with Gasteiger partial charge in [-0.3, -0.25) is 9.59 Å². The minimum absolute atomic E-state index is 0.0219. The lowest BCUT2D eigenvalue weighted by Crippen LogP contribution is -2.41. The van der Waals surface area contributed by atoms with Gasteiger partial charge in [0.25, 0.3) is 0 Å². The fourth-order valence-electron chi connectivity index (χ4n) is 1.40. The molecule has 0 fully saturated rings. The van der Waals surface area contributed by atoms with Crippen LogP contribution in [-0.4, -0.2) is 42.2 Å². The smallest absolute Gasteiger partial charge is 0.320 e. The number of hydrogen-bond donors (Lipinski definition) is 4. The molecule has 2 radical (unpaired) electrons. The van der Waals surface area contributed by atoms with E-state index in [4.69, 9.17) is 22.3 Å². The topological polar surface area (TPSA) is 141 Å². The molecule has 7 nitrogen and oxygen atoms in total. The standard InChI is InChI=1S/C11H22N4O3/c12-6-3-5-8(13)10(16)15-7-2-1-4-9(14)11(17)18/h8-9H,1-7,13-14H2,(H,15,16)(H,17,18)/t8-,9+/m1/s1. The van der Waals surface area contributed by atoms with Crippen LogP contribution in [0.15, 0.2) is 0 Å². The fourth-order valence-corrected chi connectivity index (χ4v) is 1.40. The Morgan fingerprint density at radius 3 is 2.28 bits per heavy atom.